The van der Waals surface area contributed by atoms with E-state index in [2.05, 4.69) is 38.8 Å². The van der Waals surface area contributed by atoms with Gasteiger partial charge in [-0.2, -0.15) is 5.10 Å². The van der Waals surface area contributed by atoms with Crippen molar-refractivity contribution < 1.29 is 9.53 Å². The lowest BCUT2D eigenvalue weighted by Gasteiger charge is -2.14. The molecule has 5 rings (SSSR count). The minimum absolute atomic E-state index is 0.291. The number of hydrogen-bond donors (Lipinski definition) is 2. The normalized spacial score (nSPS) is 13.0. The Bertz CT molecular complexity index is 1360. The minimum Gasteiger partial charge on any atom is -0.380 e. The fourth-order valence-electron chi connectivity index (χ4n) is 4.38. The monoisotopic (exact) mass is 482 g/mol. The second-order valence-electron chi connectivity index (χ2n) is 9.14. The first-order valence-electron chi connectivity index (χ1n) is 12.1. The summed E-state index contributed by atoms with van der Waals surface area (Å²) in [6, 6.07) is 15.9. The van der Waals surface area contributed by atoms with Crippen LogP contribution in [0.25, 0.3) is 16.9 Å². The summed E-state index contributed by atoms with van der Waals surface area (Å²) in [5.74, 6) is 1.88. The molecular weight excluding hydrogens is 452 g/mol. The van der Waals surface area contributed by atoms with Crippen LogP contribution in [0.2, 0.25) is 0 Å². The fourth-order valence-corrected chi connectivity index (χ4v) is 4.38. The van der Waals surface area contributed by atoms with E-state index < -0.39 is 0 Å². The van der Waals surface area contributed by atoms with E-state index in [1.807, 2.05) is 44.2 Å². The van der Waals surface area contributed by atoms with Gasteiger partial charge in [0.05, 0.1) is 12.3 Å². The van der Waals surface area contributed by atoms with Gasteiger partial charge in [-0.15, -0.1) is 0 Å². The van der Waals surface area contributed by atoms with Crippen molar-refractivity contribution in [2.75, 3.05) is 12.4 Å². The first-order valence-corrected chi connectivity index (χ1v) is 12.1. The smallest absolute Gasteiger partial charge is 0.320 e. The second-order valence-corrected chi connectivity index (χ2v) is 9.14. The molecule has 0 unspecified atom stereocenters. The number of ether oxygens (including phenoxy) is 1. The van der Waals surface area contributed by atoms with Crippen LogP contribution in [0.4, 0.5) is 10.6 Å². The molecule has 0 bridgehead atoms. The van der Waals surface area contributed by atoms with Crippen LogP contribution in [-0.2, 0) is 17.9 Å². The highest BCUT2D eigenvalue weighted by atomic mass is 16.5. The van der Waals surface area contributed by atoms with Crippen molar-refractivity contribution in [1.82, 2.24) is 25.1 Å². The molecule has 4 aromatic rings. The van der Waals surface area contributed by atoms with E-state index in [1.165, 1.54) is 18.4 Å². The highest BCUT2D eigenvalue weighted by Gasteiger charge is 2.26. The molecule has 184 valence electrons. The van der Waals surface area contributed by atoms with Gasteiger partial charge in [-0.05, 0) is 61.4 Å². The van der Waals surface area contributed by atoms with E-state index in [0.29, 0.717) is 30.7 Å². The lowest BCUT2D eigenvalue weighted by Crippen LogP contribution is -2.29. The minimum atomic E-state index is -0.291. The number of aromatic nitrogens is 4. The lowest BCUT2D eigenvalue weighted by molar-refractivity contribution is 0.185. The summed E-state index contributed by atoms with van der Waals surface area (Å²) in [6.45, 7) is 4.77. The first-order chi connectivity index (χ1) is 17.5. The lowest BCUT2D eigenvalue weighted by atomic mass is 10.0. The number of amides is 2. The Balaban J connectivity index is 1.40. The number of nitrogens with zero attached hydrogens (tertiary/aromatic N) is 4. The van der Waals surface area contributed by atoms with Gasteiger partial charge in [-0.25, -0.2) is 19.4 Å². The zero-order valence-corrected chi connectivity index (χ0v) is 20.8. The molecule has 0 aliphatic heterocycles. The highest BCUT2D eigenvalue weighted by molar-refractivity contribution is 5.90. The Morgan fingerprint density at radius 2 is 1.83 bits per heavy atom. The van der Waals surface area contributed by atoms with Crippen molar-refractivity contribution in [2.45, 2.75) is 45.8 Å². The van der Waals surface area contributed by atoms with E-state index in [9.17, 15) is 4.79 Å². The van der Waals surface area contributed by atoms with E-state index in [-0.39, 0.29) is 6.03 Å². The SMILES string of the molecule is COCc1ccc(C2CC2)c(CNC(=O)Nc2c(C)c(-c3cnc(C)nc3)nn2-c2ccccc2)c1. The van der Waals surface area contributed by atoms with Crippen LogP contribution >= 0.6 is 0 Å². The number of urea groups is 1. The molecule has 2 N–H and O–H groups in total. The molecule has 2 aromatic carbocycles. The molecule has 8 heteroatoms. The molecule has 0 radical (unpaired) electrons. The van der Waals surface area contributed by atoms with Gasteiger partial charge >= 0.3 is 6.03 Å². The molecule has 2 aromatic heterocycles. The summed E-state index contributed by atoms with van der Waals surface area (Å²) in [6.07, 6.45) is 5.90. The van der Waals surface area contributed by atoms with Crippen LogP contribution in [0.1, 0.15) is 46.8 Å². The molecule has 1 aliphatic rings. The maximum absolute atomic E-state index is 13.1. The molecule has 1 fully saturated rings. The van der Waals surface area contributed by atoms with Gasteiger partial charge in [0.15, 0.2) is 0 Å². The number of methoxy groups -OCH3 is 1. The Morgan fingerprint density at radius 1 is 1.08 bits per heavy atom. The molecule has 2 amide bonds. The number of nitrogens with one attached hydrogen (secondary N) is 2. The van der Waals surface area contributed by atoms with Crippen molar-refractivity contribution in [3.05, 3.63) is 89.0 Å². The van der Waals surface area contributed by atoms with Gasteiger partial charge in [-0.1, -0.05) is 36.4 Å². The van der Waals surface area contributed by atoms with Crippen LogP contribution in [-0.4, -0.2) is 32.9 Å². The summed E-state index contributed by atoms with van der Waals surface area (Å²) < 4.78 is 7.05. The van der Waals surface area contributed by atoms with Gasteiger partial charge in [0.25, 0.3) is 0 Å². The number of hydrogen-bond acceptors (Lipinski definition) is 5. The molecular formula is C28H30N6O2. The Labute approximate surface area is 210 Å². The number of para-hydroxylation sites is 1. The average molecular weight is 483 g/mol. The topological polar surface area (TPSA) is 94.0 Å². The van der Waals surface area contributed by atoms with Crippen molar-refractivity contribution in [1.29, 1.82) is 0 Å². The van der Waals surface area contributed by atoms with Crippen molar-refractivity contribution >= 4 is 11.8 Å². The number of carbonyl (C=O) groups excluding carboxylic acids is 1. The molecule has 0 spiro atoms. The number of carbonyl (C=O) groups is 1. The summed E-state index contributed by atoms with van der Waals surface area (Å²) in [5, 5.41) is 10.9. The Morgan fingerprint density at radius 3 is 2.53 bits per heavy atom. The average Bonchev–Trinajstić information content (AvgIpc) is 3.69. The predicted octanol–water partition coefficient (Wildman–Crippen LogP) is 5.29. The van der Waals surface area contributed by atoms with Crippen LogP contribution in [0.15, 0.2) is 60.9 Å². The van der Waals surface area contributed by atoms with Crippen molar-refractivity contribution in [3.63, 3.8) is 0 Å². The van der Waals surface area contributed by atoms with Crippen LogP contribution < -0.4 is 10.6 Å². The second kappa shape index (κ2) is 10.3. The highest BCUT2D eigenvalue weighted by Crippen LogP contribution is 2.42. The number of aryl methyl sites for hydroxylation is 1. The van der Waals surface area contributed by atoms with E-state index in [1.54, 1.807) is 24.2 Å². The van der Waals surface area contributed by atoms with E-state index in [0.717, 1.165) is 33.6 Å². The molecule has 0 saturated heterocycles. The maximum Gasteiger partial charge on any atom is 0.320 e. The summed E-state index contributed by atoms with van der Waals surface area (Å²) >= 11 is 0. The third kappa shape index (κ3) is 5.13. The number of benzene rings is 2. The number of rotatable bonds is 8. The van der Waals surface area contributed by atoms with E-state index >= 15 is 0 Å². The largest absolute Gasteiger partial charge is 0.380 e. The van der Waals surface area contributed by atoms with Crippen LogP contribution in [0.3, 0.4) is 0 Å². The Kier molecular flexibility index (Phi) is 6.77. The summed E-state index contributed by atoms with van der Waals surface area (Å²) in [7, 11) is 1.69. The first kappa shape index (κ1) is 23.7. The van der Waals surface area contributed by atoms with Gasteiger partial charge < -0.3 is 10.1 Å². The van der Waals surface area contributed by atoms with Crippen molar-refractivity contribution in [2.24, 2.45) is 0 Å². The molecule has 36 heavy (non-hydrogen) atoms. The molecule has 2 heterocycles. The van der Waals surface area contributed by atoms with Gasteiger partial charge in [0, 0.05) is 37.2 Å². The van der Waals surface area contributed by atoms with Gasteiger partial charge in [-0.3, -0.25) is 5.32 Å². The predicted molar refractivity (Wildman–Crippen MR) is 139 cm³/mol. The summed E-state index contributed by atoms with van der Waals surface area (Å²) in [5.41, 5.74) is 6.73. The molecule has 0 atom stereocenters. The molecule has 8 nitrogen and oxygen atoms in total. The van der Waals surface area contributed by atoms with Gasteiger partial charge in [0.2, 0.25) is 0 Å². The quantitative estimate of drug-likeness (QED) is 0.356. The van der Waals surface area contributed by atoms with Crippen LogP contribution in [0.5, 0.6) is 0 Å². The standard InChI is InChI=1S/C28H30N6O2/c1-18-26(23-15-29-19(2)30-16-23)33-34(24-7-5-4-6-8-24)27(18)32-28(35)31-14-22-13-20(17-36-3)9-12-25(22)21-10-11-21/h4-9,12-13,15-16,21H,10-11,14,17H2,1-3H3,(H2,31,32,35). The van der Waals surface area contributed by atoms with E-state index in [4.69, 9.17) is 9.84 Å². The van der Waals surface area contributed by atoms with Crippen molar-refractivity contribution in [3.8, 4) is 16.9 Å². The zero-order valence-electron chi connectivity index (χ0n) is 20.8. The summed E-state index contributed by atoms with van der Waals surface area (Å²) in [4.78, 5) is 21.7. The van der Waals surface area contributed by atoms with Gasteiger partial charge in [0.1, 0.15) is 17.3 Å². The zero-order chi connectivity index (χ0) is 25.1. The molecule has 1 aliphatic carbocycles. The molecule has 1 saturated carbocycles. The Hall–Kier alpha value is -4.04. The van der Waals surface area contributed by atoms with Crippen LogP contribution in [0, 0.1) is 13.8 Å². The third-order valence-electron chi connectivity index (χ3n) is 6.38. The maximum atomic E-state index is 13.1. The fraction of sp³-hybridized carbons (Fsp3) is 0.286. The third-order valence-corrected chi connectivity index (χ3v) is 6.38. The number of anilines is 1.